The molecule has 2 aromatic rings. The van der Waals surface area contributed by atoms with Crippen LogP contribution in [0, 0.1) is 17.2 Å². The summed E-state index contributed by atoms with van der Waals surface area (Å²) < 4.78 is 1.67. The summed E-state index contributed by atoms with van der Waals surface area (Å²) in [6, 6.07) is 5.52. The van der Waals surface area contributed by atoms with E-state index in [1.54, 1.807) is 22.7 Å². The summed E-state index contributed by atoms with van der Waals surface area (Å²) in [5.41, 5.74) is 0.999. The first-order valence-corrected chi connectivity index (χ1v) is 7.03. The van der Waals surface area contributed by atoms with Gasteiger partial charge in [-0.25, -0.2) is 4.98 Å². The number of pyridine rings is 1. The number of anilines is 1. The molecule has 108 valence electrons. The molecule has 0 spiro atoms. The standard InChI is InChI=1S/C14H13ClN4O2/c15-10-3-5-19-11(7-16)13(17-12(19)6-10)18-4-1-2-9(8-18)14(20)21/h3,5-6,9H,1-2,4,8H2,(H,20,21). The average Bonchev–Trinajstić information content (AvgIpc) is 2.84. The molecular formula is C14H13ClN4O2. The zero-order valence-electron chi connectivity index (χ0n) is 11.2. The molecule has 21 heavy (non-hydrogen) atoms. The molecule has 1 aliphatic heterocycles. The summed E-state index contributed by atoms with van der Waals surface area (Å²) in [6.07, 6.45) is 3.13. The normalized spacial score (nSPS) is 18.7. The second-order valence-corrected chi connectivity index (χ2v) is 5.53. The van der Waals surface area contributed by atoms with Gasteiger partial charge in [-0.2, -0.15) is 5.26 Å². The quantitative estimate of drug-likeness (QED) is 0.919. The number of aliphatic carboxylic acids is 1. The number of hydrogen-bond acceptors (Lipinski definition) is 4. The van der Waals surface area contributed by atoms with E-state index < -0.39 is 11.9 Å². The van der Waals surface area contributed by atoms with Crippen LogP contribution in [0.25, 0.3) is 5.65 Å². The van der Waals surface area contributed by atoms with Crippen molar-refractivity contribution in [3.05, 3.63) is 29.0 Å². The Morgan fingerprint density at radius 3 is 3.10 bits per heavy atom. The molecule has 1 N–H and O–H groups in total. The van der Waals surface area contributed by atoms with Crippen LogP contribution in [0.3, 0.4) is 0 Å². The lowest BCUT2D eigenvalue weighted by atomic mass is 9.98. The van der Waals surface area contributed by atoms with Crippen molar-refractivity contribution >= 4 is 29.0 Å². The molecule has 1 saturated heterocycles. The molecule has 7 heteroatoms. The topological polar surface area (TPSA) is 81.6 Å². The molecule has 3 rings (SSSR count). The van der Waals surface area contributed by atoms with Crippen molar-refractivity contribution in [1.29, 1.82) is 5.26 Å². The van der Waals surface area contributed by atoms with Gasteiger partial charge in [-0.15, -0.1) is 0 Å². The number of hydrogen-bond donors (Lipinski definition) is 1. The molecule has 0 radical (unpaired) electrons. The van der Waals surface area contributed by atoms with Gasteiger partial charge in [0.05, 0.1) is 5.92 Å². The fraction of sp³-hybridized carbons (Fsp3) is 0.357. The van der Waals surface area contributed by atoms with Gasteiger partial charge in [-0.05, 0) is 18.9 Å². The molecule has 1 unspecified atom stereocenters. The smallest absolute Gasteiger partial charge is 0.308 e. The largest absolute Gasteiger partial charge is 0.481 e. The maximum atomic E-state index is 11.2. The van der Waals surface area contributed by atoms with Gasteiger partial charge in [-0.1, -0.05) is 11.6 Å². The predicted octanol–water partition coefficient (Wildman–Crippen LogP) is 2.16. The predicted molar refractivity (Wildman–Crippen MR) is 77.5 cm³/mol. The Balaban J connectivity index is 2.03. The maximum absolute atomic E-state index is 11.2. The number of halogens is 1. The Labute approximate surface area is 126 Å². The van der Waals surface area contributed by atoms with Gasteiger partial charge in [0.1, 0.15) is 11.7 Å². The molecule has 1 atom stereocenters. The van der Waals surface area contributed by atoms with Crippen LogP contribution in [-0.4, -0.2) is 33.6 Å². The van der Waals surface area contributed by atoms with Crippen LogP contribution < -0.4 is 4.90 Å². The van der Waals surface area contributed by atoms with Gasteiger partial charge in [-0.3, -0.25) is 9.20 Å². The third-order valence-electron chi connectivity index (χ3n) is 3.75. The average molecular weight is 305 g/mol. The number of carboxylic acids is 1. The van der Waals surface area contributed by atoms with E-state index in [2.05, 4.69) is 11.1 Å². The van der Waals surface area contributed by atoms with Crippen molar-refractivity contribution in [3.63, 3.8) is 0 Å². The zero-order valence-corrected chi connectivity index (χ0v) is 11.9. The van der Waals surface area contributed by atoms with Crippen LogP contribution in [0.15, 0.2) is 18.3 Å². The van der Waals surface area contributed by atoms with Gasteiger partial charge in [0, 0.05) is 30.4 Å². The summed E-state index contributed by atoms with van der Waals surface area (Å²) in [4.78, 5) is 17.5. The summed E-state index contributed by atoms with van der Waals surface area (Å²) in [5.74, 6) is -0.686. The molecule has 0 amide bonds. The van der Waals surface area contributed by atoms with Crippen molar-refractivity contribution < 1.29 is 9.90 Å². The van der Waals surface area contributed by atoms with E-state index >= 15 is 0 Å². The Bertz CT molecular complexity index is 749. The number of imidazole rings is 1. The maximum Gasteiger partial charge on any atom is 0.308 e. The van der Waals surface area contributed by atoms with Crippen LogP contribution in [0.5, 0.6) is 0 Å². The van der Waals surface area contributed by atoms with Crippen LogP contribution in [0.4, 0.5) is 5.82 Å². The number of fused-ring (bicyclic) bond motifs is 1. The third-order valence-corrected chi connectivity index (χ3v) is 3.98. The van der Waals surface area contributed by atoms with E-state index in [0.717, 1.165) is 6.42 Å². The second-order valence-electron chi connectivity index (χ2n) is 5.09. The minimum atomic E-state index is -0.801. The lowest BCUT2D eigenvalue weighted by molar-refractivity contribution is -0.141. The van der Waals surface area contributed by atoms with Gasteiger partial charge < -0.3 is 10.0 Å². The van der Waals surface area contributed by atoms with Crippen LogP contribution in [-0.2, 0) is 4.79 Å². The summed E-state index contributed by atoms with van der Waals surface area (Å²) in [6.45, 7) is 1.08. The summed E-state index contributed by atoms with van der Waals surface area (Å²) in [5, 5.41) is 19.1. The molecule has 2 aromatic heterocycles. The van der Waals surface area contributed by atoms with E-state index in [1.165, 1.54) is 0 Å². The number of rotatable bonds is 2. The monoisotopic (exact) mass is 304 g/mol. The van der Waals surface area contributed by atoms with E-state index in [0.29, 0.717) is 41.7 Å². The summed E-state index contributed by atoms with van der Waals surface area (Å²) >= 11 is 5.95. The molecule has 0 bridgehead atoms. The Kier molecular flexibility index (Phi) is 3.43. The van der Waals surface area contributed by atoms with E-state index in [9.17, 15) is 15.2 Å². The number of nitrogens with zero attached hydrogens (tertiary/aromatic N) is 4. The van der Waals surface area contributed by atoms with Gasteiger partial charge in [0.2, 0.25) is 0 Å². The number of piperidine rings is 1. The lowest BCUT2D eigenvalue weighted by Gasteiger charge is -2.30. The first kappa shape index (κ1) is 13.7. The van der Waals surface area contributed by atoms with E-state index in [4.69, 9.17) is 11.6 Å². The number of aromatic nitrogens is 2. The highest BCUT2D eigenvalue weighted by molar-refractivity contribution is 6.30. The number of nitriles is 1. The van der Waals surface area contributed by atoms with Crippen LogP contribution in [0.2, 0.25) is 5.02 Å². The fourth-order valence-electron chi connectivity index (χ4n) is 2.70. The van der Waals surface area contributed by atoms with Gasteiger partial charge in [0.25, 0.3) is 0 Å². The molecule has 0 saturated carbocycles. The molecule has 6 nitrogen and oxygen atoms in total. The lowest BCUT2D eigenvalue weighted by Crippen LogP contribution is -2.39. The van der Waals surface area contributed by atoms with Gasteiger partial charge in [0.15, 0.2) is 11.5 Å². The first-order chi connectivity index (χ1) is 10.1. The minimum Gasteiger partial charge on any atom is -0.481 e. The highest BCUT2D eigenvalue weighted by Gasteiger charge is 2.28. The molecule has 0 aromatic carbocycles. The first-order valence-electron chi connectivity index (χ1n) is 6.65. The highest BCUT2D eigenvalue weighted by atomic mass is 35.5. The van der Waals surface area contributed by atoms with Crippen LogP contribution in [0.1, 0.15) is 18.5 Å². The van der Waals surface area contributed by atoms with Crippen molar-refractivity contribution in [3.8, 4) is 6.07 Å². The molecule has 3 heterocycles. The van der Waals surface area contributed by atoms with Crippen LogP contribution >= 0.6 is 11.6 Å². The Hall–Kier alpha value is -2.26. The third kappa shape index (κ3) is 2.41. The van der Waals surface area contributed by atoms with Crippen molar-refractivity contribution in [2.75, 3.05) is 18.0 Å². The van der Waals surface area contributed by atoms with Gasteiger partial charge >= 0.3 is 5.97 Å². The fourth-order valence-corrected chi connectivity index (χ4v) is 2.86. The Morgan fingerprint density at radius 2 is 2.38 bits per heavy atom. The minimum absolute atomic E-state index is 0.377. The molecule has 1 aliphatic rings. The van der Waals surface area contributed by atoms with E-state index in [-0.39, 0.29) is 0 Å². The second kappa shape index (κ2) is 5.26. The number of carboxylic acid groups (broad SMARTS) is 1. The Morgan fingerprint density at radius 1 is 1.57 bits per heavy atom. The zero-order chi connectivity index (χ0) is 15.0. The SMILES string of the molecule is N#Cc1c(N2CCCC(C(=O)O)C2)nc2cc(Cl)ccn12. The molecule has 0 aliphatic carbocycles. The number of carbonyl (C=O) groups is 1. The van der Waals surface area contributed by atoms with Crippen molar-refractivity contribution in [2.45, 2.75) is 12.8 Å². The molecular weight excluding hydrogens is 292 g/mol. The van der Waals surface area contributed by atoms with Crippen molar-refractivity contribution in [2.24, 2.45) is 5.92 Å². The summed E-state index contributed by atoms with van der Waals surface area (Å²) in [7, 11) is 0. The van der Waals surface area contributed by atoms with E-state index in [1.807, 2.05) is 4.90 Å². The highest BCUT2D eigenvalue weighted by Crippen LogP contribution is 2.27. The molecule has 1 fully saturated rings. The van der Waals surface area contributed by atoms with Crippen molar-refractivity contribution in [1.82, 2.24) is 9.38 Å².